The Bertz CT molecular complexity index is 509. The van der Waals surface area contributed by atoms with Crippen LogP contribution in [0.1, 0.15) is 30.4 Å². The second kappa shape index (κ2) is 6.54. The van der Waals surface area contributed by atoms with E-state index in [1.54, 1.807) is 5.56 Å². The zero-order valence-electron chi connectivity index (χ0n) is 14.5. The maximum atomic E-state index is 5.51. The van der Waals surface area contributed by atoms with Crippen LogP contribution in [0.3, 0.4) is 0 Å². The van der Waals surface area contributed by atoms with Crippen LogP contribution in [0.25, 0.3) is 0 Å². The van der Waals surface area contributed by atoms with Gasteiger partial charge in [-0.1, -0.05) is 29.8 Å². The largest absolute Gasteiger partial charge is 0.381 e. The molecule has 0 N–H and O–H groups in total. The number of benzene rings is 1. The summed E-state index contributed by atoms with van der Waals surface area (Å²) in [4.78, 5) is 5.36. The van der Waals surface area contributed by atoms with Crippen molar-refractivity contribution >= 4 is 0 Å². The standard InChI is InChI=1S/C20H30N2O/c1-17-2-4-19(5-3-17)20(7-8-20)16-22-11-9-21(10-12-22)14-18-6-13-23-15-18/h2-5,18H,6-16H2,1H3. The molecule has 1 saturated carbocycles. The van der Waals surface area contributed by atoms with Crippen molar-refractivity contribution in [3.8, 4) is 0 Å². The molecule has 1 aliphatic carbocycles. The monoisotopic (exact) mass is 314 g/mol. The first-order chi connectivity index (χ1) is 11.2. The minimum atomic E-state index is 0.467. The van der Waals surface area contributed by atoms with Gasteiger partial charge < -0.3 is 9.64 Å². The van der Waals surface area contributed by atoms with E-state index in [1.807, 2.05) is 0 Å². The summed E-state index contributed by atoms with van der Waals surface area (Å²) < 4.78 is 5.51. The highest BCUT2D eigenvalue weighted by molar-refractivity contribution is 5.34. The Kier molecular flexibility index (Phi) is 4.44. The van der Waals surface area contributed by atoms with E-state index in [-0.39, 0.29) is 0 Å². The van der Waals surface area contributed by atoms with Gasteiger partial charge in [-0.3, -0.25) is 4.90 Å². The molecule has 3 heteroatoms. The summed E-state index contributed by atoms with van der Waals surface area (Å²) in [5, 5.41) is 0. The lowest BCUT2D eigenvalue weighted by molar-refractivity contribution is 0.105. The lowest BCUT2D eigenvalue weighted by atomic mass is 9.94. The number of ether oxygens (including phenoxy) is 1. The van der Waals surface area contributed by atoms with Crippen LogP contribution in [0.2, 0.25) is 0 Å². The van der Waals surface area contributed by atoms with E-state index < -0.39 is 0 Å². The van der Waals surface area contributed by atoms with Crippen molar-refractivity contribution in [2.75, 3.05) is 52.5 Å². The number of hydrogen-bond acceptors (Lipinski definition) is 3. The van der Waals surface area contributed by atoms with Gasteiger partial charge in [-0.05, 0) is 37.7 Å². The summed E-state index contributed by atoms with van der Waals surface area (Å²) in [6, 6.07) is 9.27. The number of piperazine rings is 1. The number of hydrogen-bond donors (Lipinski definition) is 0. The third-order valence-corrected chi connectivity index (χ3v) is 6.05. The maximum absolute atomic E-state index is 5.51. The molecular weight excluding hydrogens is 284 g/mol. The van der Waals surface area contributed by atoms with E-state index >= 15 is 0 Å². The number of nitrogens with zero attached hydrogens (tertiary/aromatic N) is 2. The van der Waals surface area contributed by atoms with Gasteiger partial charge in [-0.25, -0.2) is 0 Å². The van der Waals surface area contributed by atoms with Crippen LogP contribution < -0.4 is 0 Å². The number of aryl methyl sites for hydroxylation is 1. The Morgan fingerprint density at radius 2 is 1.74 bits per heavy atom. The molecule has 3 fully saturated rings. The van der Waals surface area contributed by atoms with Crippen LogP contribution in [0.5, 0.6) is 0 Å². The molecule has 2 aliphatic heterocycles. The smallest absolute Gasteiger partial charge is 0.0507 e. The zero-order valence-corrected chi connectivity index (χ0v) is 14.5. The fourth-order valence-electron chi connectivity index (χ4n) is 4.25. The lowest BCUT2D eigenvalue weighted by Crippen LogP contribution is -2.49. The third-order valence-electron chi connectivity index (χ3n) is 6.05. The molecule has 1 aromatic rings. The van der Waals surface area contributed by atoms with E-state index in [0.717, 1.165) is 19.1 Å². The fraction of sp³-hybridized carbons (Fsp3) is 0.700. The molecule has 4 rings (SSSR count). The van der Waals surface area contributed by atoms with Gasteiger partial charge in [-0.15, -0.1) is 0 Å². The van der Waals surface area contributed by atoms with E-state index in [1.165, 1.54) is 64.1 Å². The van der Waals surface area contributed by atoms with Crippen LogP contribution in [0.15, 0.2) is 24.3 Å². The molecule has 0 bridgehead atoms. The Balaban J connectivity index is 1.28. The first-order valence-electron chi connectivity index (χ1n) is 9.33. The van der Waals surface area contributed by atoms with Crippen molar-refractivity contribution in [3.05, 3.63) is 35.4 Å². The van der Waals surface area contributed by atoms with Crippen molar-refractivity contribution < 1.29 is 4.74 Å². The first kappa shape index (κ1) is 15.6. The summed E-state index contributed by atoms with van der Waals surface area (Å²) in [6.45, 7) is 11.6. The minimum absolute atomic E-state index is 0.467. The lowest BCUT2D eigenvalue weighted by Gasteiger charge is -2.37. The van der Waals surface area contributed by atoms with Crippen LogP contribution in [-0.2, 0) is 10.2 Å². The zero-order chi connectivity index (χ0) is 15.7. The molecule has 1 atom stereocenters. The van der Waals surface area contributed by atoms with Crippen LogP contribution in [0, 0.1) is 12.8 Å². The molecule has 126 valence electrons. The highest BCUT2D eigenvalue weighted by Gasteiger charge is 2.45. The highest BCUT2D eigenvalue weighted by Crippen LogP contribution is 2.48. The Morgan fingerprint density at radius 1 is 1.04 bits per heavy atom. The normalized spacial score (nSPS) is 28.1. The average Bonchev–Trinajstić information content (AvgIpc) is 3.16. The molecule has 3 nitrogen and oxygen atoms in total. The molecule has 2 heterocycles. The molecule has 0 spiro atoms. The van der Waals surface area contributed by atoms with Crippen molar-refractivity contribution in [2.45, 2.75) is 31.6 Å². The molecule has 0 amide bonds. The van der Waals surface area contributed by atoms with Crippen LogP contribution in [-0.4, -0.2) is 62.3 Å². The third kappa shape index (κ3) is 3.62. The predicted molar refractivity (Wildman–Crippen MR) is 93.9 cm³/mol. The van der Waals surface area contributed by atoms with Crippen LogP contribution in [0.4, 0.5) is 0 Å². The molecule has 1 aromatic carbocycles. The van der Waals surface area contributed by atoms with Gasteiger partial charge in [0.15, 0.2) is 0 Å². The Morgan fingerprint density at radius 3 is 2.35 bits per heavy atom. The van der Waals surface area contributed by atoms with Crippen molar-refractivity contribution in [1.82, 2.24) is 9.80 Å². The second-order valence-electron chi connectivity index (χ2n) is 7.95. The van der Waals surface area contributed by atoms with Crippen molar-refractivity contribution in [2.24, 2.45) is 5.92 Å². The summed E-state index contributed by atoms with van der Waals surface area (Å²) in [5.74, 6) is 0.781. The molecule has 3 aliphatic rings. The maximum Gasteiger partial charge on any atom is 0.0507 e. The average molecular weight is 314 g/mol. The molecular formula is C20H30N2O. The van der Waals surface area contributed by atoms with Gasteiger partial charge in [0.1, 0.15) is 0 Å². The molecule has 0 aromatic heterocycles. The topological polar surface area (TPSA) is 15.7 Å². The van der Waals surface area contributed by atoms with Gasteiger partial charge in [0.2, 0.25) is 0 Å². The molecule has 1 unspecified atom stereocenters. The SMILES string of the molecule is Cc1ccc(C2(CN3CCN(CC4CCOC4)CC3)CC2)cc1. The molecule has 0 radical (unpaired) electrons. The fourth-order valence-corrected chi connectivity index (χ4v) is 4.25. The first-order valence-corrected chi connectivity index (χ1v) is 9.33. The summed E-state index contributed by atoms with van der Waals surface area (Å²) in [6.07, 6.45) is 4.00. The molecule has 2 saturated heterocycles. The van der Waals surface area contributed by atoms with E-state index in [4.69, 9.17) is 4.74 Å². The van der Waals surface area contributed by atoms with E-state index in [2.05, 4.69) is 41.0 Å². The summed E-state index contributed by atoms with van der Waals surface area (Å²) in [5.41, 5.74) is 3.40. The van der Waals surface area contributed by atoms with E-state index in [9.17, 15) is 0 Å². The van der Waals surface area contributed by atoms with Crippen molar-refractivity contribution in [3.63, 3.8) is 0 Å². The minimum Gasteiger partial charge on any atom is -0.381 e. The second-order valence-corrected chi connectivity index (χ2v) is 7.95. The Hall–Kier alpha value is -0.900. The molecule has 23 heavy (non-hydrogen) atoms. The van der Waals surface area contributed by atoms with Gasteiger partial charge in [-0.2, -0.15) is 0 Å². The van der Waals surface area contributed by atoms with Crippen molar-refractivity contribution in [1.29, 1.82) is 0 Å². The quantitative estimate of drug-likeness (QED) is 0.831. The van der Waals surface area contributed by atoms with Gasteiger partial charge in [0, 0.05) is 51.3 Å². The summed E-state index contributed by atoms with van der Waals surface area (Å²) >= 11 is 0. The highest BCUT2D eigenvalue weighted by atomic mass is 16.5. The predicted octanol–water partition coefficient (Wildman–Crippen LogP) is 2.68. The van der Waals surface area contributed by atoms with Crippen LogP contribution >= 0.6 is 0 Å². The van der Waals surface area contributed by atoms with Gasteiger partial charge >= 0.3 is 0 Å². The van der Waals surface area contributed by atoms with Gasteiger partial charge in [0.05, 0.1) is 6.61 Å². The Labute approximate surface area is 140 Å². The van der Waals surface area contributed by atoms with E-state index in [0.29, 0.717) is 5.41 Å². The van der Waals surface area contributed by atoms with Gasteiger partial charge in [0.25, 0.3) is 0 Å². The number of rotatable bonds is 5. The summed E-state index contributed by atoms with van der Waals surface area (Å²) in [7, 11) is 0.